The third kappa shape index (κ3) is 2.45. The maximum Gasteiger partial charge on any atom is 0.0807 e. The first-order chi connectivity index (χ1) is 9.25. The minimum absolute atomic E-state index is 0.247. The first kappa shape index (κ1) is 12.5. The van der Waals surface area contributed by atoms with Crippen LogP contribution in [-0.4, -0.2) is 9.67 Å². The van der Waals surface area contributed by atoms with E-state index in [1.165, 1.54) is 16.8 Å². The summed E-state index contributed by atoms with van der Waals surface area (Å²) in [7, 11) is 0. The number of benzene rings is 1. The van der Waals surface area contributed by atoms with Gasteiger partial charge in [0.05, 0.1) is 6.10 Å². The highest BCUT2D eigenvalue weighted by Crippen LogP contribution is 2.30. The van der Waals surface area contributed by atoms with Crippen molar-refractivity contribution in [2.24, 2.45) is 0 Å². The molecule has 1 aliphatic rings. The molecule has 0 fully saturated rings. The number of aliphatic hydroxyl groups is 1. The maximum atomic E-state index is 9.99. The second-order valence-corrected chi connectivity index (χ2v) is 5.50. The highest BCUT2D eigenvalue weighted by atomic mass is 16.3. The monoisotopic (exact) mass is 255 g/mol. The molecule has 0 radical (unpaired) electrons. The fourth-order valence-electron chi connectivity index (χ4n) is 3.07. The topological polar surface area (TPSA) is 25.2 Å². The number of rotatable bonds is 3. The van der Waals surface area contributed by atoms with Gasteiger partial charge in [-0.2, -0.15) is 0 Å². The molecule has 0 aliphatic heterocycles. The van der Waals surface area contributed by atoms with E-state index < -0.39 is 0 Å². The standard InChI is InChI=1S/C17H21NO/c1-13-5-2-3-6-14(13)9-11-18-12-10-15-16(18)7-4-8-17(15)19/h2-3,5-6,10,12,17,19H,4,7-9,11H2,1H3. The fourth-order valence-corrected chi connectivity index (χ4v) is 3.07. The number of fused-ring (bicyclic) bond motifs is 1. The van der Waals surface area contributed by atoms with E-state index in [1.54, 1.807) is 0 Å². The summed E-state index contributed by atoms with van der Waals surface area (Å²) < 4.78 is 2.32. The summed E-state index contributed by atoms with van der Waals surface area (Å²) in [5, 5.41) is 9.99. The van der Waals surface area contributed by atoms with Gasteiger partial charge in [0.15, 0.2) is 0 Å². The number of aliphatic hydroxyl groups excluding tert-OH is 1. The van der Waals surface area contributed by atoms with Gasteiger partial charge in [-0.25, -0.2) is 0 Å². The van der Waals surface area contributed by atoms with Crippen molar-refractivity contribution < 1.29 is 5.11 Å². The first-order valence-electron chi connectivity index (χ1n) is 7.16. The molecular weight excluding hydrogens is 234 g/mol. The van der Waals surface area contributed by atoms with E-state index in [0.717, 1.165) is 37.8 Å². The summed E-state index contributed by atoms with van der Waals surface area (Å²) >= 11 is 0. The van der Waals surface area contributed by atoms with Crippen LogP contribution in [0.2, 0.25) is 0 Å². The van der Waals surface area contributed by atoms with Crippen molar-refractivity contribution in [2.45, 2.75) is 45.3 Å². The Labute approximate surface area is 114 Å². The lowest BCUT2D eigenvalue weighted by atomic mass is 9.95. The van der Waals surface area contributed by atoms with Crippen LogP contribution in [0.25, 0.3) is 0 Å². The van der Waals surface area contributed by atoms with Crippen molar-refractivity contribution in [1.82, 2.24) is 4.57 Å². The molecule has 1 aromatic heterocycles. The lowest BCUT2D eigenvalue weighted by Crippen LogP contribution is -2.13. The van der Waals surface area contributed by atoms with Gasteiger partial charge in [0.25, 0.3) is 0 Å². The first-order valence-corrected chi connectivity index (χ1v) is 7.16. The molecule has 0 saturated carbocycles. The largest absolute Gasteiger partial charge is 0.388 e. The number of nitrogens with zero attached hydrogens (tertiary/aromatic N) is 1. The van der Waals surface area contributed by atoms with Gasteiger partial charge in [-0.3, -0.25) is 0 Å². The maximum absolute atomic E-state index is 9.99. The number of hydrogen-bond donors (Lipinski definition) is 1. The third-order valence-electron chi connectivity index (χ3n) is 4.25. The van der Waals surface area contributed by atoms with Crippen molar-refractivity contribution >= 4 is 0 Å². The Hall–Kier alpha value is -1.54. The van der Waals surface area contributed by atoms with Crippen LogP contribution in [0, 0.1) is 6.92 Å². The van der Waals surface area contributed by atoms with E-state index in [2.05, 4.69) is 48.0 Å². The van der Waals surface area contributed by atoms with Crippen LogP contribution < -0.4 is 0 Å². The van der Waals surface area contributed by atoms with E-state index in [0.29, 0.717) is 0 Å². The zero-order chi connectivity index (χ0) is 13.2. The van der Waals surface area contributed by atoms with Crippen molar-refractivity contribution in [3.63, 3.8) is 0 Å². The van der Waals surface area contributed by atoms with E-state index in [-0.39, 0.29) is 6.10 Å². The fraction of sp³-hybridized carbons (Fsp3) is 0.412. The van der Waals surface area contributed by atoms with E-state index >= 15 is 0 Å². The average Bonchev–Trinajstić information content (AvgIpc) is 2.83. The number of hydrogen-bond acceptors (Lipinski definition) is 1. The van der Waals surface area contributed by atoms with Gasteiger partial charge < -0.3 is 9.67 Å². The highest BCUT2D eigenvalue weighted by Gasteiger charge is 2.20. The molecule has 1 N–H and O–H groups in total. The molecule has 2 aromatic rings. The third-order valence-corrected chi connectivity index (χ3v) is 4.25. The number of aryl methyl sites for hydroxylation is 3. The van der Waals surface area contributed by atoms with Crippen molar-refractivity contribution in [3.05, 3.63) is 58.9 Å². The molecule has 2 nitrogen and oxygen atoms in total. The van der Waals surface area contributed by atoms with Crippen LogP contribution in [-0.2, 0) is 19.4 Å². The SMILES string of the molecule is Cc1ccccc1CCn1ccc2c1CCCC2O. The van der Waals surface area contributed by atoms with Gasteiger partial charge in [-0.05, 0) is 49.8 Å². The molecule has 19 heavy (non-hydrogen) atoms. The van der Waals surface area contributed by atoms with Crippen LogP contribution in [0.15, 0.2) is 36.5 Å². The van der Waals surface area contributed by atoms with E-state index in [9.17, 15) is 5.11 Å². The lowest BCUT2D eigenvalue weighted by Gasteiger charge is -2.20. The molecular formula is C17H21NO. The molecule has 1 aromatic carbocycles. The highest BCUT2D eigenvalue weighted by molar-refractivity contribution is 5.28. The van der Waals surface area contributed by atoms with Gasteiger partial charge >= 0.3 is 0 Å². The second-order valence-electron chi connectivity index (χ2n) is 5.50. The summed E-state index contributed by atoms with van der Waals surface area (Å²) in [4.78, 5) is 0. The van der Waals surface area contributed by atoms with E-state index in [4.69, 9.17) is 0 Å². The predicted molar refractivity (Wildman–Crippen MR) is 77.2 cm³/mol. The van der Waals surface area contributed by atoms with Crippen LogP contribution in [0.5, 0.6) is 0 Å². The Kier molecular flexibility index (Phi) is 3.43. The van der Waals surface area contributed by atoms with Crippen LogP contribution >= 0.6 is 0 Å². The van der Waals surface area contributed by atoms with Gasteiger partial charge in [0, 0.05) is 24.0 Å². The molecule has 0 bridgehead atoms. The minimum Gasteiger partial charge on any atom is -0.388 e. The summed E-state index contributed by atoms with van der Waals surface area (Å²) in [5.41, 5.74) is 5.27. The molecule has 0 saturated heterocycles. The van der Waals surface area contributed by atoms with Crippen molar-refractivity contribution in [3.8, 4) is 0 Å². The zero-order valence-corrected chi connectivity index (χ0v) is 11.5. The Morgan fingerprint density at radius 1 is 1.26 bits per heavy atom. The van der Waals surface area contributed by atoms with Gasteiger partial charge in [-0.1, -0.05) is 24.3 Å². The molecule has 3 rings (SSSR count). The van der Waals surface area contributed by atoms with Crippen LogP contribution in [0.4, 0.5) is 0 Å². The smallest absolute Gasteiger partial charge is 0.0807 e. The predicted octanol–water partition coefficient (Wildman–Crippen LogP) is 3.41. The summed E-state index contributed by atoms with van der Waals surface area (Å²) in [6.07, 6.45) is 6.06. The number of aromatic nitrogens is 1. The molecule has 1 aliphatic carbocycles. The molecule has 1 atom stereocenters. The van der Waals surface area contributed by atoms with E-state index in [1.807, 2.05) is 0 Å². The summed E-state index contributed by atoms with van der Waals surface area (Å²) in [5.74, 6) is 0. The van der Waals surface area contributed by atoms with Gasteiger partial charge in [0.1, 0.15) is 0 Å². The summed E-state index contributed by atoms with van der Waals surface area (Å²) in [6, 6.07) is 10.7. The lowest BCUT2D eigenvalue weighted by molar-refractivity contribution is 0.155. The normalized spacial score (nSPS) is 18.3. The molecule has 1 unspecified atom stereocenters. The van der Waals surface area contributed by atoms with Gasteiger partial charge in [0.2, 0.25) is 0 Å². The van der Waals surface area contributed by atoms with Crippen molar-refractivity contribution in [2.75, 3.05) is 0 Å². The Morgan fingerprint density at radius 3 is 2.95 bits per heavy atom. The van der Waals surface area contributed by atoms with Crippen LogP contribution in [0.3, 0.4) is 0 Å². The zero-order valence-electron chi connectivity index (χ0n) is 11.5. The Balaban J connectivity index is 1.76. The quantitative estimate of drug-likeness (QED) is 0.893. The Morgan fingerprint density at radius 2 is 2.11 bits per heavy atom. The van der Waals surface area contributed by atoms with Gasteiger partial charge in [-0.15, -0.1) is 0 Å². The minimum atomic E-state index is -0.247. The Bertz CT molecular complexity index is 570. The molecule has 100 valence electrons. The molecule has 0 spiro atoms. The second kappa shape index (κ2) is 5.22. The molecule has 2 heteroatoms. The van der Waals surface area contributed by atoms with Crippen molar-refractivity contribution in [1.29, 1.82) is 0 Å². The molecule has 1 heterocycles. The summed E-state index contributed by atoms with van der Waals surface area (Å²) in [6.45, 7) is 3.18. The van der Waals surface area contributed by atoms with Crippen LogP contribution in [0.1, 0.15) is 41.3 Å². The molecule has 0 amide bonds. The average molecular weight is 255 g/mol.